The molecule has 6 nitrogen and oxygen atoms in total. The molecule has 1 aliphatic carbocycles. The highest BCUT2D eigenvalue weighted by Gasteiger charge is 2.46. The number of hydrogen-bond acceptors (Lipinski definition) is 3. The molecular formula is C24H26FN3O3. The second-order valence-corrected chi connectivity index (χ2v) is 8.32. The summed E-state index contributed by atoms with van der Waals surface area (Å²) in [5.41, 5.74) is 2.02. The Hall–Kier alpha value is -3.22. The molecule has 7 heteroatoms. The molecule has 2 N–H and O–H groups in total. The second-order valence-electron chi connectivity index (χ2n) is 8.32. The van der Waals surface area contributed by atoms with Crippen molar-refractivity contribution in [2.45, 2.75) is 57.2 Å². The predicted molar refractivity (Wildman–Crippen MR) is 115 cm³/mol. The number of nitrogens with one attached hydrogen (secondary N) is 2. The van der Waals surface area contributed by atoms with Gasteiger partial charge in [-0.15, -0.1) is 0 Å². The van der Waals surface area contributed by atoms with Crippen LogP contribution in [-0.2, 0) is 9.59 Å². The van der Waals surface area contributed by atoms with Crippen LogP contribution < -0.4 is 10.6 Å². The molecule has 1 heterocycles. The smallest absolute Gasteiger partial charge is 0.254 e. The average Bonchev–Trinajstić information content (AvgIpc) is 2.76. The fourth-order valence-electron chi connectivity index (χ4n) is 4.50. The highest BCUT2D eigenvalue weighted by atomic mass is 19.1. The summed E-state index contributed by atoms with van der Waals surface area (Å²) in [6.07, 6.45) is 3.35. The highest BCUT2D eigenvalue weighted by Crippen LogP contribution is 2.31. The number of rotatable bonds is 4. The lowest BCUT2D eigenvalue weighted by atomic mass is 9.84. The zero-order valence-electron chi connectivity index (χ0n) is 17.4. The maximum absolute atomic E-state index is 13.4. The van der Waals surface area contributed by atoms with Gasteiger partial charge in [0.25, 0.3) is 5.91 Å². The summed E-state index contributed by atoms with van der Waals surface area (Å²) in [6, 6.07) is 11.5. The Morgan fingerprint density at radius 3 is 2.45 bits per heavy atom. The van der Waals surface area contributed by atoms with Crippen molar-refractivity contribution in [2.24, 2.45) is 0 Å². The number of nitrogens with zero attached hydrogens (tertiary/aromatic N) is 1. The normalized spacial score (nSPS) is 23.0. The van der Waals surface area contributed by atoms with E-state index in [1.165, 1.54) is 24.3 Å². The van der Waals surface area contributed by atoms with E-state index >= 15 is 0 Å². The summed E-state index contributed by atoms with van der Waals surface area (Å²) >= 11 is 0. The second kappa shape index (κ2) is 8.88. The predicted octanol–water partition coefficient (Wildman–Crippen LogP) is 3.41. The number of amides is 3. The zero-order valence-corrected chi connectivity index (χ0v) is 17.4. The van der Waals surface area contributed by atoms with Gasteiger partial charge >= 0.3 is 0 Å². The summed E-state index contributed by atoms with van der Waals surface area (Å²) in [7, 11) is 0. The Balaban J connectivity index is 1.58. The molecule has 0 unspecified atom stereocenters. The monoisotopic (exact) mass is 423 g/mol. The van der Waals surface area contributed by atoms with E-state index in [-0.39, 0.29) is 36.2 Å². The minimum Gasteiger partial charge on any atom is -0.349 e. The van der Waals surface area contributed by atoms with Crippen LogP contribution in [0.2, 0.25) is 0 Å². The van der Waals surface area contributed by atoms with Crippen LogP contribution in [0, 0.1) is 12.7 Å². The minimum absolute atomic E-state index is 0.123. The van der Waals surface area contributed by atoms with Crippen LogP contribution in [0.15, 0.2) is 48.5 Å². The molecule has 0 radical (unpaired) electrons. The Bertz CT molecular complexity index is 975. The number of fused-ring (bicyclic) bond motifs is 1. The first-order valence-electron chi connectivity index (χ1n) is 10.7. The molecule has 2 fully saturated rings. The molecule has 1 aliphatic heterocycles. The number of halogens is 1. The quantitative estimate of drug-likeness (QED) is 0.791. The number of carbonyl (C=O) groups is 3. The molecule has 2 aliphatic rings. The molecule has 3 amide bonds. The lowest BCUT2D eigenvalue weighted by molar-refractivity contribution is -0.135. The van der Waals surface area contributed by atoms with Crippen LogP contribution in [0.1, 0.15) is 48.0 Å². The van der Waals surface area contributed by atoms with Crippen LogP contribution in [-0.4, -0.2) is 40.7 Å². The third-order valence-electron chi connectivity index (χ3n) is 6.09. The van der Waals surface area contributed by atoms with E-state index in [0.717, 1.165) is 31.2 Å². The minimum atomic E-state index is -0.914. The van der Waals surface area contributed by atoms with Gasteiger partial charge in [-0.25, -0.2) is 4.39 Å². The first-order valence-corrected chi connectivity index (χ1v) is 10.7. The molecule has 31 heavy (non-hydrogen) atoms. The van der Waals surface area contributed by atoms with Crippen molar-refractivity contribution in [1.29, 1.82) is 0 Å². The van der Waals surface area contributed by atoms with E-state index in [9.17, 15) is 18.8 Å². The molecule has 1 saturated heterocycles. The average molecular weight is 423 g/mol. The van der Waals surface area contributed by atoms with Crippen molar-refractivity contribution < 1.29 is 18.8 Å². The number of aryl methyl sites for hydroxylation is 1. The van der Waals surface area contributed by atoms with Crippen molar-refractivity contribution in [3.8, 4) is 0 Å². The maximum atomic E-state index is 13.4. The topological polar surface area (TPSA) is 78.5 Å². The largest absolute Gasteiger partial charge is 0.349 e. The number of piperazine rings is 1. The van der Waals surface area contributed by atoms with Crippen LogP contribution in [0.4, 0.5) is 10.1 Å². The molecular weight excluding hydrogens is 397 g/mol. The molecule has 1 saturated carbocycles. The van der Waals surface area contributed by atoms with Crippen molar-refractivity contribution in [3.63, 3.8) is 0 Å². The Morgan fingerprint density at radius 1 is 1.06 bits per heavy atom. The van der Waals surface area contributed by atoms with Crippen LogP contribution >= 0.6 is 0 Å². The van der Waals surface area contributed by atoms with Gasteiger partial charge in [0.15, 0.2) is 0 Å². The van der Waals surface area contributed by atoms with Crippen molar-refractivity contribution in [3.05, 3.63) is 65.5 Å². The lowest BCUT2D eigenvalue weighted by Gasteiger charge is -2.48. The van der Waals surface area contributed by atoms with Gasteiger partial charge in [0.2, 0.25) is 11.8 Å². The zero-order chi connectivity index (χ0) is 22.0. The van der Waals surface area contributed by atoms with Gasteiger partial charge in [0, 0.05) is 17.3 Å². The number of anilines is 1. The van der Waals surface area contributed by atoms with Gasteiger partial charge in [0.1, 0.15) is 11.9 Å². The van der Waals surface area contributed by atoms with Gasteiger partial charge in [-0.3, -0.25) is 14.4 Å². The molecule has 0 aromatic heterocycles. The number of hydrogen-bond donors (Lipinski definition) is 2. The molecule has 2 aromatic carbocycles. The molecule has 4 rings (SSSR count). The standard InChI is InChI=1S/C24H26FN3O3/c1-15-6-12-18(13-7-15)26-22(29)14-21-23(30)27-19-4-2-3-5-20(19)28(21)24(31)16-8-10-17(25)11-9-16/h6-13,19-21H,2-5,14H2,1H3,(H,26,29)(H,27,30)/t19-,20-,21-/m1/s1. The summed E-state index contributed by atoms with van der Waals surface area (Å²) in [5.74, 6) is -1.44. The summed E-state index contributed by atoms with van der Waals surface area (Å²) in [5, 5.41) is 5.83. The molecule has 2 aromatic rings. The van der Waals surface area contributed by atoms with E-state index in [2.05, 4.69) is 10.6 Å². The van der Waals surface area contributed by atoms with Gasteiger partial charge < -0.3 is 15.5 Å². The fourth-order valence-corrected chi connectivity index (χ4v) is 4.50. The molecule has 0 bridgehead atoms. The lowest BCUT2D eigenvalue weighted by Crippen LogP contribution is -2.68. The maximum Gasteiger partial charge on any atom is 0.254 e. The first kappa shape index (κ1) is 21.0. The van der Waals surface area contributed by atoms with Gasteiger partial charge in [-0.1, -0.05) is 30.5 Å². The Kier molecular flexibility index (Phi) is 6.02. The van der Waals surface area contributed by atoms with E-state index in [4.69, 9.17) is 0 Å². The number of benzene rings is 2. The Morgan fingerprint density at radius 2 is 1.74 bits per heavy atom. The van der Waals surface area contributed by atoms with Gasteiger partial charge in [-0.05, 0) is 56.2 Å². The van der Waals surface area contributed by atoms with E-state index in [0.29, 0.717) is 11.3 Å². The van der Waals surface area contributed by atoms with E-state index < -0.39 is 11.9 Å². The summed E-state index contributed by atoms with van der Waals surface area (Å²) in [6.45, 7) is 1.96. The van der Waals surface area contributed by atoms with Crippen LogP contribution in [0.25, 0.3) is 0 Å². The SMILES string of the molecule is Cc1ccc(NC(=O)C[C@@H]2C(=O)N[C@@H]3CCCC[C@H]3N2C(=O)c2ccc(F)cc2)cc1. The first-order chi connectivity index (χ1) is 14.9. The Labute approximate surface area is 180 Å². The van der Waals surface area contributed by atoms with Crippen molar-refractivity contribution in [2.75, 3.05) is 5.32 Å². The molecule has 0 spiro atoms. The number of carbonyl (C=O) groups excluding carboxylic acids is 3. The fraction of sp³-hybridized carbons (Fsp3) is 0.375. The molecule has 3 atom stereocenters. The van der Waals surface area contributed by atoms with Crippen molar-refractivity contribution in [1.82, 2.24) is 10.2 Å². The highest BCUT2D eigenvalue weighted by molar-refractivity contribution is 6.01. The summed E-state index contributed by atoms with van der Waals surface area (Å²) in [4.78, 5) is 40.6. The molecule has 162 valence electrons. The third-order valence-corrected chi connectivity index (χ3v) is 6.09. The van der Waals surface area contributed by atoms with Crippen LogP contribution in [0.5, 0.6) is 0 Å². The van der Waals surface area contributed by atoms with Crippen LogP contribution in [0.3, 0.4) is 0 Å². The van der Waals surface area contributed by atoms with E-state index in [1.54, 1.807) is 17.0 Å². The van der Waals surface area contributed by atoms with E-state index in [1.807, 2.05) is 19.1 Å². The van der Waals surface area contributed by atoms with Crippen molar-refractivity contribution >= 4 is 23.4 Å². The van der Waals surface area contributed by atoms with Gasteiger partial charge in [0.05, 0.1) is 12.5 Å². The van der Waals surface area contributed by atoms with Gasteiger partial charge in [-0.2, -0.15) is 0 Å². The third kappa shape index (κ3) is 4.60. The summed E-state index contributed by atoms with van der Waals surface area (Å²) < 4.78 is 13.4.